The number of carbonyl (C=O) groups excluding carboxylic acids is 1. The Hall–Kier alpha value is -0.780. The Morgan fingerprint density at radius 1 is 1.33 bits per heavy atom. The molecule has 0 saturated heterocycles. The van der Waals surface area contributed by atoms with Gasteiger partial charge in [0.1, 0.15) is 0 Å². The first-order valence-corrected chi connectivity index (χ1v) is 6.71. The summed E-state index contributed by atoms with van der Waals surface area (Å²) in [7, 11) is -3.49. The van der Waals surface area contributed by atoms with E-state index in [0.29, 0.717) is 5.92 Å². The van der Waals surface area contributed by atoms with E-state index in [4.69, 9.17) is 0 Å². The first kappa shape index (κ1) is 14.2. The number of amides is 2. The zero-order chi connectivity index (χ0) is 12.3. The van der Waals surface area contributed by atoms with Crippen LogP contribution in [0.5, 0.6) is 0 Å². The van der Waals surface area contributed by atoms with Crippen LogP contribution in [0.3, 0.4) is 0 Å². The molecule has 0 aliphatic heterocycles. The van der Waals surface area contributed by atoms with Gasteiger partial charge in [-0.05, 0) is 26.2 Å². The van der Waals surface area contributed by atoms with E-state index in [0.717, 1.165) is 12.7 Å². The maximum absolute atomic E-state index is 11.3. The molecule has 0 aromatic carbocycles. The van der Waals surface area contributed by atoms with Gasteiger partial charge in [0.15, 0.2) is 0 Å². The molecule has 0 aliphatic rings. The van der Waals surface area contributed by atoms with Gasteiger partial charge in [0.25, 0.3) is 0 Å². The summed E-state index contributed by atoms with van der Waals surface area (Å²) in [6.07, 6.45) is 1.73. The highest BCUT2D eigenvalue weighted by molar-refractivity contribution is 7.89. The molecule has 0 unspecified atom stereocenters. The van der Waals surface area contributed by atoms with Crippen LogP contribution in [0.25, 0.3) is 0 Å². The quantitative estimate of drug-likeness (QED) is 0.766. The molecule has 0 aromatic rings. The van der Waals surface area contributed by atoms with Gasteiger partial charge in [0.05, 0.1) is 6.26 Å². The van der Waals surface area contributed by atoms with Crippen LogP contribution in [0.15, 0.2) is 0 Å². The van der Waals surface area contributed by atoms with Gasteiger partial charge in [-0.1, -0.05) is 13.8 Å². The van der Waals surface area contributed by atoms with Crippen LogP contribution in [0.4, 0.5) is 4.79 Å². The van der Waals surface area contributed by atoms with Crippen LogP contribution < -0.4 is 10.0 Å². The SMILES string of the molecule is CC(C)CC(C)(C)NC(=O)NS(C)(=O)=O. The molecular formula is C9H20N2O3S. The fraction of sp³-hybridized carbons (Fsp3) is 0.889. The third-order valence-electron chi connectivity index (χ3n) is 1.65. The van der Waals surface area contributed by atoms with Crippen molar-refractivity contribution >= 4 is 16.1 Å². The Morgan fingerprint density at radius 3 is 2.13 bits per heavy atom. The van der Waals surface area contributed by atoms with Gasteiger partial charge < -0.3 is 5.32 Å². The second-order valence-corrected chi connectivity index (χ2v) is 6.56. The number of hydrogen-bond acceptors (Lipinski definition) is 3. The van der Waals surface area contributed by atoms with Crippen LogP contribution in [0, 0.1) is 5.92 Å². The summed E-state index contributed by atoms with van der Waals surface area (Å²) in [6, 6.07) is -0.678. The molecule has 0 bridgehead atoms. The van der Waals surface area contributed by atoms with Crippen molar-refractivity contribution in [3.8, 4) is 0 Å². The van der Waals surface area contributed by atoms with Gasteiger partial charge in [-0.15, -0.1) is 0 Å². The molecule has 0 saturated carbocycles. The van der Waals surface area contributed by atoms with Crippen LogP contribution in [0.1, 0.15) is 34.1 Å². The Labute approximate surface area is 91.7 Å². The van der Waals surface area contributed by atoms with Crippen molar-refractivity contribution in [2.24, 2.45) is 5.92 Å². The summed E-state index contributed by atoms with van der Waals surface area (Å²) in [6.45, 7) is 7.79. The van der Waals surface area contributed by atoms with Crippen LogP contribution in [-0.4, -0.2) is 26.2 Å². The number of hydrogen-bond donors (Lipinski definition) is 2. The molecule has 0 heterocycles. The highest BCUT2D eigenvalue weighted by Crippen LogP contribution is 2.15. The first-order chi connectivity index (χ1) is 6.52. The maximum Gasteiger partial charge on any atom is 0.328 e. The third kappa shape index (κ3) is 8.23. The maximum atomic E-state index is 11.3. The third-order valence-corrected chi connectivity index (χ3v) is 2.20. The monoisotopic (exact) mass is 236 g/mol. The van der Waals surface area contributed by atoms with E-state index in [1.807, 2.05) is 32.4 Å². The van der Waals surface area contributed by atoms with Crippen molar-refractivity contribution in [1.29, 1.82) is 0 Å². The highest BCUT2D eigenvalue weighted by Gasteiger charge is 2.22. The van der Waals surface area contributed by atoms with Gasteiger partial charge in [-0.3, -0.25) is 0 Å². The fourth-order valence-corrected chi connectivity index (χ4v) is 1.96. The Bertz CT molecular complexity index is 320. The van der Waals surface area contributed by atoms with Crippen molar-refractivity contribution in [1.82, 2.24) is 10.0 Å². The van der Waals surface area contributed by atoms with E-state index >= 15 is 0 Å². The molecule has 90 valence electrons. The minimum Gasteiger partial charge on any atom is -0.332 e. The smallest absolute Gasteiger partial charge is 0.328 e. The number of nitrogens with one attached hydrogen (secondary N) is 2. The van der Waals surface area contributed by atoms with E-state index in [1.54, 1.807) is 0 Å². The number of sulfonamides is 1. The molecule has 0 aromatic heterocycles. The molecule has 0 atom stereocenters. The molecule has 0 rings (SSSR count). The molecule has 2 amide bonds. The summed E-state index contributed by atoms with van der Waals surface area (Å²) in [4.78, 5) is 11.3. The first-order valence-electron chi connectivity index (χ1n) is 4.82. The van der Waals surface area contributed by atoms with Gasteiger partial charge in [0.2, 0.25) is 10.0 Å². The average molecular weight is 236 g/mol. The van der Waals surface area contributed by atoms with E-state index in [-0.39, 0.29) is 0 Å². The van der Waals surface area contributed by atoms with Crippen molar-refractivity contribution in [3.05, 3.63) is 0 Å². The van der Waals surface area contributed by atoms with E-state index < -0.39 is 21.6 Å². The summed E-state index contributed by atoms with van der Waals surface area (Å²) < 4.78 is 23.4. The lowest BCUT2D eigenvalue weighted by atomic mass is 9.93. The number of urea groups is 1. The number of carbonyl (C=O) groups is 1. The minimum atomic E-state index is -3.49. The molecule has 0 fully saturated rings. The van der Waals surface area contributed by atoms with Gasteiger partial charge in [-0.2, -0.15) is 0 Å². The summed E-state index contributed by atoms with van der Waals surface area (Å²) in [5.41, 5.74) is -0.414. The normalized spacial score (nSPS) is 12.7. The van der Waals surface area contributed by atoms with Crippen molar-refractivity contribution < 1.29 is 13.2 Å². The molecule has 5 nitrogen and oxygen atoms in total. The average Bonchev–Trinajstić information content (AvgIpc) is 1.73. The van der Waals surface area contributed by atoms with E-state index in [2.05, 4.69) is 5.32 Å². The zero-order valence-electron chi connectivity index (χ0n) is 9.92. The lowest BCUT2D eigenvalue weighted by Gasteiger charge is -2.27. The Kier molecular flexibility index (Phi) is 4.58. The lowest BCUT2D eigenvalue weighted by molar-refractivity contribution is 0.229. The highest BCUT2D eigenvalue weighted by atomic mass is 32.2. The zero-order valence-corrected chi connectivity index (χ0v) is 10.7. The lowest BCUT2D eigenvalue weighted by Crippen LogP contribution is -2.50. The van der Waals surface area contributed by atoms with Gasteiger partial charge in [-0.25, -0.2) is 17.9 Å². The standard InChI is InChI=1S/C9H20N2O3S/c1-7(2)6-9(3,4)10-8(12)11-15(5,13)14/h7H,6H2,1-5H3,(H2,10,11,12). The number of rotatable bonds is 4. The summed E-state index contributed by atoms with van der Waals surface area (Å²) >= 11 is 0. The molecule has 0 spiro atoms. The largest absolute Gasteiger partial charge is 0.332 e. The minimum absolute atomic E-state index is 0.414. The van der Waals surface area contributed by atoms with Crippen molar-refractivity contribution in [3.63, 3.8) is 0 Å². The predicted molar refractivity (Wildman–Crippen MR) is 60.0 cm³/mol. The summed E-state index contributed by atoms with van der Waals surface area (Å²) in [5.74, 6) is 0.429. The second kappa shape index (κ2) is 4.83. The molecule has 6 heteroatoms. The molecule has 2 N–H and O–H groups in total. The fourth-order valence-electron chi connectivity index (χ4n) is 1.57. The van der Waals surface area contributed by atoms with Crippen molar-refractivity contribution in [2.45, 2.75) is 39.7 Å². The molecule has 0 aliphatic carbocycles. The molecular weight excluding hydrogens is 216 g/mol. The van der Waals surface area contributed by atoms with Crippen LogP contribution in [-0.2, 0) is 10.0 Å². The predicted octanol–water partition coefficient (Wildman–Crippen LogP) is 1.07. The second-order valence-electron chi connectivity index (χ2n) is 4.81. The molecule has 0 radical (unpaired) electrons. The van der Waals surface area contributed by atoms with E-state index in [1.165, 1.54) is 0 Å². The van der Waals surface area contributed by atoms with Crippen LogP contribution in [0.2, 0.25) is 0 Å². The van der Waals surface area contributed by atoms with Crippen LogP contribution >= 0.6 is 0 Å². The van der Waals surface area contributed by atoms with Gasteiger partial charge >= 0.3 is 6.03 Å². The Morgan fingerprint density at radius 2 is 1.80 bits per heavy atom. The summed E-state index contributed by atoms with van der Waals surface area (Å²) in [5, 5.41) is 2.61. The topological polar surface area (TPSA) is 75.3 Å². The Balaban J connectivity index is 4.28. The van der Waals surface area contributed by atoms with Gasteiger partial charge in [0, 0.05) is 5.54 Å². The van der Waals surface area contributed by atoms with E-state index in [9.17, 15) is 13.2 Å². The van der Waals surface area contributed by atoms with Crippen molar-refractivity contribution in [2.75, 3.05) is 6.26 Å². The molecule has 15 heavy (non-hydrogen) atoms.